The van der Waals surface area contributed by atoms with Gasteiger partial charge in [-0.05, 0) is 36.6 Å². The molecule has 0 spiro atoms. The summed E-state index contributed by atoms with van der Waals surface area (Å²) in [5.74, 6) is 0.754. The van der Waals surface area contributed by atoms with Gasteiger partial charge in [-0.2, -0.15) is 0 Å². The topological polar surface area (TPSA) is 63.8 Å². The van der Waals surface area contributed by atoms with E-state index in [2.05, 4.69) is 22.2 Å². The summed E-state index contributed by atoms with van der Waals surface area (Å²) in [5.41, 5.74) is 10.0. The lowest BCUT2D eigenvalue weighted by atomic mass is 10.0. The first kappa shape index (κ1) is 13.3. The van der Waals surface area contributed by atoms with E-state index in [0.29, 0.717) is 5.69 Å². The van der Waals surface area contributed by atoms with Crippen LogP contribution in [0.2, 0.25) is 0 Å². The number of nitrogens with two attached hydrogens (primary N) is 1. The fourth-order valence-electron chi connectivity index (χ4n) is 2.08. The Labute approximate surface area is 114 Å². The molecule has 4 nitrogen and oxygen atoms in total. The van der Waals surface area contributed by atoms with Gasteiger partial charge in [-0.3, -0.25) is 4.98 Å². The van der Waals surface area contributed by atoms with E-state index < -0.39 is 0 Å². The van der Waals surface area contributed by atoms with Gasteiger partial charge in [0, 0.05) is 25.0 Å². The van der Waals surface area contributed by atoms with Crippen LogP contribution in [0.4, 0.5) is 11.5 Å². The molecule has 0 fully saturated rings. The third kappa shape index (κ3) is 3.02. The van der Waals surface area contributed by atoms with Gasteiger partial charge in [-0.1, -0.05) is 13.3 Å². The minimum atomic E-state index is 0.676. The van der Waals surface area contributed by atoms with E-state index in [1.807, 2.05) is 25.2 Å². The highest BCUT2D eigenvalue weighted by Gasteiger charge is 2.10. The van der Waals surface area contributed by atoms with E-state index >= 15 is 0 Å². The molecule has 2 aromatic heterocycles. The van der Waals surface area contributed by atoms with Crippen LogP contribution in [0.15, 0.2) is 30.6 Å². The lowest BCUT2D eigenvalue weighted by Crippen LogP contribution is -2.04. The van der Waals surface area contributed by atoms with Crippen molar-refractivity contribution in [2.45, 2.75) is 26.2 Å². The van der Waals surface area contributed by atoms with Gasteiger partial charge in [-0.15, -0.1) is 0 Å². The number of unbranched alkanes of at least 4 members (excludes halogenated alkanes) is 1. The van der Waals surface area contributed by atoms with Crippen molar-refractivity contribution >= 4 is 11.5 Å². The maximum Gasteiger partial charge on any atom is 0.149 e. The molecular formula is C15H20N4. The summed E-state index contributed by atoms with van der Waals surface area (Å²) in [5, 5.41) is 3.04. The Bertz CT molecular complexity index is 537. The van der Waals surface area contributed by atoms with Crippen molar-refractivity contribution in [2.24, 2.45) is 0 Å². The second-order valence-corrected chi connectivity index (χ2v) is 4.51. The SMILES string of the molecule is CCCCc1nc(NC)c(N)cc1-c1ccncc1. The molecule has 2 rings (SSSR count). The van der Waals surface area contributed by atoms with E-state index in [1.165, 1.54) is 0 Å². The number of pyridine rings is 2. The number of nitrogens with one attached hydrogen (secondary N) is 1. The summed E-state index contributed by atoms with van der Waals surface area (Å²) in [6, 6.07) is 5.98. The quantitative estimate of drug-likeness (QED) is 0.862. The third-order valence-electron chi connectivity index (χ3n) is 3.13. The minimum absolute atomic E-state index is 0.676. The molecule has 4 heteroatoms. The Hall–Kier alpha value is -2.10. The van der Waals surface area contributed by atoms with Crippen LogP contribution in [0, 0.1) is 0 Å². The molecule has 2 aromatic rings. The number of nitrogen functional groups attached to an aromatic ring is 1. The number of aromatic nitrogens is 2. The molecule has 100 valence electrons. The molecule has 3 N–H and O–H groups in total. The van der Waals surface area contributed by atoms with Crippen molar-refractivity contribution in [1.82, 2.24) is 9.97 Å². The molecule has 0 aliphatic heterocycles. The van der Waals surface area contributed by atoms with Crippen LogP contribution in [0.3, 0.4) is 0 Å². The van der Waals surface area contributed by atoms with E-state index in [9.17, 15) is 0 Å². The molecule has 0 unspecified atom stereocenters. The Morgan fingerprint density at radius 2 is 2.00 bits per heavy atom. The van der Waals surface area contributed by atoms with Gasteiger partial charge in [0.2, 0.25) is 0 Å². The number of rotatable bonds is 5. The molecule has 0 saturated carbocycles. The maximum absolute atomic E-state index is 6.03. The zero-order chi connectivity index (χ0) is 13.7. The van der Waals surface area contributed by atoms with Gasteiger partial charge < -0.3 is 11.1 Å². The molecule has 0 aliphatic carbocycles. The van der Waals surface area contributed by atoms with Crippen LogP contribution in [0.25, 0.3) is 11.1 Å². The Morgan fingerprint density at radius 3 is 2.63 bits per heavy atom. The number of anilines is 2. The Balaban J connectivity index is 2.48. The van der Waals surface area contributed by atoms with Crippen molar-refractivity contribution in [3.05, 3.63) is 36.3 Å². The maximum atomic E-state index is 6.03. The number of hydrogen-bond acceptors (Lipinski definition) is 4. The predicted octanol–water partition coefficient (Wildman–Crippen LogP) is 3.11. The highest BCUT2D eigenvalue weighted by Crippen LogP contribution is 2.29. The predicted molar refractivity (Wildman–Crippen MR) is 80.0 cm³/mol. The monoisotopic (exact) mass is 256 g/mol. The summed E-state index contributed by atoms with van der Waals surface area (Å²) < 4.78 is 0. The van der Waals surface area contributed by atoms with Crippen molar-refractivity contribution in [1.29, 1.82) is 0 Å². The summed E-state index contributed by atoms with van der Waals surface area (Å²) in [7, 11) is 1.84. The van der Waals surface area contributed by atoms with Crippen LogP contribution in [-0.2, 0) is 6.42 Å². The first-order valence-corrected chi connectivity index (χ1v) is 6.63. The number of aryl methyl sites for hydroxylation is 1. The van der Waals surface area contributed by atoms with E-state index in [0.717, 1.165) is 41.9 Å². The van der Waals surface area contributed by atoms with Crippen molar-refractivity contribution in [3.63, 3.8) is 0 Å². The molecule has 19 heavy (non-hydrogen) atoms. The lowest BCUT2D eigenvalue weighted by molar-refractivity contribution is 0.779. The summed E-state index contributed by atoms with van der Waals surface area (Å²) in [4.78, 5) is 8.70. The van der Waals surface area contributed by atoms with Gasteiger partial charge in [0.15, 0.2) is 0 Å². The second kappa shape index (κ2) is 6.18. The molecule has 0 bridgehead atoms. The van der Waals surface area contributed by atoms with Crippen LogP contribution < -0.4 is 11.1 Å². The van der Waals surface area contributed by atoms with Crippen LogP contribution in [0.5, 0.6) is 0 Å². The lowest BCUT2D eigenvalue weighted by Gasteiger charge is -2.13. The zero-order valence-electron chi connectivity index (χ0n) is 11.5. The molecular weight excluding hydrogens is 236 g/mol. The van der Waals surface area contributed by atoms with Crippen LogP contribution in [-0.4, -0.2) is 17.0 Å². The fraction of sp³-hybridized carbons (Fsp3) is 0.333. The van der Waals surface area contributed by atoms with Gasteiger partial charge in [0.05, 0.1) is 11.4 Å². The largest absolute Gasteiger partial charge is 0.396 e. The molecule has 0 saturated heterocycles. The average Bonchev–Trinajstić information content (AvgIpc) is 2.46. The summed E-state index contributed by atoms with van der Waals surface area (Å²) >= 11 is 0. The molecule has 0 radical (unpaired) electrons. The molecule has 0 aliphatic rings. The molecule has 2 heterocycles. The highest BCUT2D eigenvalue weighted by atomic mass is 15.0. The smallest absolute Gasteiger partial charge is 0.149 e. The number of hydrogen-bond donors (Lipinski definition) is 2. The molecule has 0 amide bonds. The molecule has 0 aromatic carbocycles. The van der Waals surface area contributed by atoms with E-state index in [1.54, 1.807) is 12.4 Å². The number of nitrogens with zero attached hydrogens (tertiary/aromatic N) is 2. The first-order valence-electron chi connectivity index (χ1n) is 6.63. The third-order valence-corrected chi connectivity index (χ3v) is 3.13. The second-order valence-electron chi connectivity index (χ2n) is 4.51. The zero-order valence-corrected chi connectivity index (χ0v) is 11.5. The van der Waals surface area contributed by atoms with Gasteiger partial charge in [0.25, 0.3) is 0 Å². The first-order chi connectivity index (χ1) is 9.26. The summed E-state index contributed by atoms with van der Waals surface area (Å²) in [6.45, 7) is 2.18. The normalized spacial score (nSPS) is 10.4. The van der Waals surface area contributed by atoms with Crippen molar-refractivity contribution in [3.8, 4) is 11.1 Å². The summed E-state index contributed by atoms with van der Waals surface area (Å²) in [6.07, 6.45) is 6.82. The van der Waals surface area contributed by atoms with Crippen LogP contribution in [0.1, 0.15) is 25.5 Å². The van der Waals surface area contributed by atoms with Gasteiger partial charge in [-0.25, -0.2) is 4.98 Å². The van der Waals surface area contributed by atoms with Gasteiger partial charge >= 0.3 is 0 Å². The van der Waals surface area contributed by atoms with E-state index in [4.69, 9.17) is 5.73 Å². The van der Waals surface area contributed by atoms with Gasteiger partial charge in [0.1, 0.15) is 5.82 Å². The van der Waals surface area contributed by atoms with Crippen molar-refractivity contribution in [2.75, 3.05) is 18.1 Å². The Morgan fingerprint density at radius 1 is 1.26 bits per heavy atom. The average molecular weight is 256 g/mol. The fourth-order valence-corrected chi connectivity index (χ4v) is 2.08. The van der Waals surface area contributed by atoms with E-state index in [-0.39, 0.29) is 0 Å². The van der Waals surface area contributed by atoms with Crippen LogP contribution >= 0.6 is 0 Å². The van der Waals surface area contributed by atoms with Crippen molar-refractivity contribution < 1.29 is 0 Å². The highest BCUT2D eigenvalue weighted by molar-refractivity contribution is 5.74. The Kier molecular flexibility index (Phi) is 4.34. The standard InChI is InChI=1S/C15H20N4/c1-3-4-5-14-12(11-6-8-18-9-7-11)10-13(16)15(17-2)19-14/h6-10H,3-5,16H2,1-2H3,(H,17,19). The minimum Gasteiger partial charge on any atom is -0.396 e. The molecule has 0 atom stereocenters.